The van der Waals surface area contributed by atoms with E-state index in [-0.39, 0.29) is 0 Å². The average molecular weight is 340 g/mol. The highest BCUT2D eigenvalue weighted by atomic mass is 127. The maximum Gasteiger partial charge on any atom is 0.107 e. The quantitative estimate of drug-likeness (QED) is 0.355. The average Bonchev–Trinajstić information content (AvgIpc) is 2.36. The lowest BCUT2D eigenvalue weighted by atomic mass is 10.2. The Bertz CT molecular complexity index is 457. The van der Waals surface area contributed by atoms with E-state index in [2.05, 4.69) is 34.7 Å². The van der Waals surface area contributed by atoms with Crippen molar-refractivity contribution in [3.8, 4) is 0 Å². The molecular formula is C14H13IO2. The summed E-state index contributed by atoms with van der Waals surface area (Å²) in [4.78, 5) is 10.3. The molecule has 0 aromatic heterocycles. The third kappa shape index (κ3) is 4.46. The maximum atomic E-state index is 5.18. The first-order valence-corrected chi connectivity index (χ1v) is 6.45. The molecule has 2 aromatic rings. The minimum Gasteiger partial charge on any atom is -0.232 e. The molecular weight excluding hydrogens is 327 g/mol. The third-order valence-electron chi connectivity index (χ3n) is 2.27. The molecule has 0 bridgehead atoms. The molecule has 0 unspecified atom stereocenters. The van der Waals surface area contributed by atoms with Gasteiger partial charge in [-0.3, -0.25) is 0 Å². The summed E-state index contributed by atoms with van der Waals surface area (Å²) < 4.78 is 1.20. The van der Waals surface area contributed by atoms with Crippen molar-refractivity contribution in [2.75, 3.05) is 0 Å². The minimum absolute atomic E-state index is 0.476. The lowest BCUT2D eigenvalue weighted by Crippen LogP contribution is -1.96. The summed E-state index contributed by atoms with van der Waals surface area (Å²) in [5.74, 6) is 0. The van der Waals surface area contributed by atoms with E-state index in [1.165, 1.54) is 3.57 Å². The molecule has 0 heterocycles. The minimum atomic E-state index is 0.476. The monoisotopic (exact) mass is 340 g/mol. The third-order valence-corrected chi connectivity index (χ3v) is 2.94. The largest absolute Gasteiger partial charge is 0.232 e. The van der Waals surface area contributed by atoms with E-state index in [1.54, 1.807) is 0 Å². The van der Waals surface area contributed by atoms with Crippen LogP contribution in [0, 0.1) is 3.57 Å². The predicted octanol–water partition coefficient (Wildman–Crippen LogP) is 3.94. The molecule has 2 rings (SSSR count). The highest BCUT2D eigenvalue weighted by Gasteiger charge is 1.96. The van der Waals surface area contributed by atoms with Gasteiger partial charge in [-0.25, -0.2) is 9.78 Å². The van der Waals surface area contributed by atoms with Crippen molar-refractivity contribution < 1.29 is 9.78 Å². The van der Waals surface area contributed by atoms with Gasteiger partial charge in [0.1, 0.15) is 13.2 Å². The van der Waals surface area contributed by atoms with Crippen LogP contribution < -0.4 is 0 Å². The molecule has 0 fully saturated rings. The van der Waals surface area contributed by atoms with E-state index in [4.69, 9.17) is 9.78 Å². The van der Waals surface area contributed by atoms with Crippen molar-refractivity contribution in [1.29, 1.82) is 0 Å². The predicted molar refractivity (Wildman–Crippen MR) is 75.2 cm³/mol. The Hall–Kier alpha value is -0.910. The Balaban J connectivity index is 1.73. The molecule has 0 aliphatic rings. The van der Waals surface area contributed by atoms with Crippen LogP contribution in [0.25, 0.3) is 0 Å². The second-order valence-electron chi connectivity index (χ2n) is 3.64. The number of hydrogen-bond donors (Lipinski definition) is 0. The lowest BCUT2D eigenvalue weighted by Gasteiger charge is -2.04. The van der Waals surface area contributed by atoms with Crippen molar-refractivity contribution in [1.82, 2.24) is 0 Å². The summed E-state index contributed by atoms with van der Waals surface area (Å²) in [5.41, 5.74) is 2.22. The van der Waals surface area contributed by atoms with E-state index in [0.29, 0.717) is 13.2 Å². The number of rotatable bonds is 5. The van der Waals surface area contributed by atoms with Gasteiger partial charge >= 0.3 is 0 Å². The Kier molecular flexibility index (Phi) is 4.97. The van der Waals surface area contributed by atoms with Gasteiger partial charge in [-0.1, -0.05) is 42.5 Å². The first kappa shape index (κ1) is 12.5. The molecule has 0 radical (unpaired) electrons. The second kappa shape index (κ2) is 6.74. The SMILES string of the molecule is Ic1cccc(COOCc2ccccc2)c1. The number of halogens is 1. The molecule has 0 saturated carbocycles. The van der Waals surface area contributed by atoms with E-state index < -0.39 is 0 Å². The van der Waals surface area contributed by atoms with E-state index in [0.717, 1.165) is 11.1 Å². The fraction of sp³-hybridized carbons (Fsp3) is 0.143. The summed E-state index contributed by atoms with van der Waals surface area (Å²) >= 11 is 2.28. The van der Waals surface area contributed by atoms with Crippen LogP contribution in [-0.2, 0) is 23.0 Å². The molecule has 17 heavy (non-hydrogen) atoms. The van der Waals surface area contributed by atoms with Crippen molar-refractivity contribution in [3.63, 3.8) is 0 Å². The Morgan fingerprint density at radius 3 is 2.12 bits per heavy atom. The van der Waals surface area contributed by atoms with E-state index in [9.17, 15) is 0 Å². The highest BCUT2D eigenvalue weighted by Crippen LogP contribution is 2.09. The highest BCUT2D eigenvalue weighted by molar-refractivity contribution is 14.1. The Morgan fingerprint density at radius 2 is 1.41 bits per heavy atom. The van der Waals surface area contributed by atoms with Crippen LogP contribution in [0.15, 0.2) is 54.6 Å². The van der Waals surface area contributed by atoms with Crippen LogP contribution in [-0.4, -0.2) is 0 Å². The van der Waals surface area contributed by atoms with Crippen LogP contribution in [0.2, 0.25) is 0 Å². The zero-order chi connectivity index (χ0) is 11.9. The summed E-state index contributed by atoms with van der Waals surface area (Å²) in [6.07, 6.45) is 0. The zero-order valence-corrected chi connectivity index (χ0v) is 11.5. The second-order valence-corrected chi connectivity index (χ2v) is 4.89. The molecule has 0 aliphatic carbocycles. The van der Waals surface area contributed by atoms with Crippen LogP contribution >= 0.6 is 22.6 Å². The van der Waals surface area contributed by atoms with Crippen LogP contribution in [0.4, 0.5) is 0 Å². The standard InChI is InChI=1S/C14H13IO2/c15-14-8-4-7-13(9-14)11-17-16-10-12-5-2-1-3-6-12/h1-9H,10-11H2. The molecule has 88 valence electrons. The zero-order valence-electron chi connectivity index (χ0n) is 9.30. The molecule has 0 amide bonds. The molecule has 3 heteroatoms. The summed E-state index contributed by atoms with van der Waals surface area (Å²) in [6.45, 7) is 0.953. The normalized spacial score (nSPS) is 10.4. The van der Waals surface area contributed by atoms with Gasteiger partial charge in [0, 0.05) is 3.57 Å². The smallest absolute Gasteiger partial charge is 0.107 e. The Morgan fingerprint density at radius 1 is 0.765 bits per heavy atom. The van der Waals surface area contributed by atoms with Crippen LogP contribution in [0.5, 0.6) is 0 Å². The maximum absolute atomic E-state index is 5.18. The molecule has 2 aromatic carbocycles. The first-order chi connectivity index (χ1) is 8.34. The number of benzene rings is 2. The topological polar surface area (TPSA) is 18.5 Å². The summed E-state index contributed by atoms with van der Waals surface area (Å²) in [5, 5.41) is 0. The molecule has 0 atom stereocenters. The molecule has 0 N–H and O–H groups in total. The van der Waals surface area contributed by atoms with Gasteiger partial charge in [-0.05, 0) is 45.9 Å². The van der Waals surface area contributed by atoms with Gasteiger partial charge in [0.25, 0.3) is 0 Å². The number of hydrogen-bond acceptors (Lipinski definition) is 2. The van der Waals surface area contributed by atoms with Crippen LogP contribution in [0.1, 0.15) is 11.1 Å². The van der Waals surface area contributed by atoms with Gasteiger partial charge in [-0.2, -0.15) is 0 Å². The summed E-state index contributed by atoms with van der Waals surface area (Å²) in [6, 6.07) is 18.1. The fourth-order valence-corrected chi connectivity index (χ4v) is 2.03. The molecule has 0 aliphatic heterocycles. The van der Waals surface area contributed by atoms with Gasteiger partial charge in [0.05, 0.1) is 0 Å². The van der Waals surface area contributed by atoms with Gasteiger partial charge in [-0.15, -0.1) is 0 Å². The van der Waals surface area contributed by atoms with Crippen molar-refractivity contribution >= 4 is 22.6 Å². The Labute approximate surface area is 115 Å². The van der Waals surface area contributed by atoms with Crippen molar-refractivity contribution in [3.05, 3.63) is 69.3 Å². The lowest BCUT2D eigenvalue weighted by molar-refractivity contribution is -0.313. The van der Waals surface area contributed by atoms with Gasteiger partial charge in [0.15, 0.2) is 0 Å². The van der Waals surface area contributed by atoms with E-state index >= 15 is 0 Å². The molecule has 0 saturated heterocycles. The van der Waals surface area contributed by atoms with Gasteiger partial charge in [0.2, 0.25) is 0 Å². The van der Waals surface area contributed by atoms with Crippen molar-refractivity contribution in [2.24, 2.45) is 0 Å². The van der Waals surface area contributed by atoms with Crippen LogP contribution in [0.3, 0.4) is 0 Å². The fourth-order valence-electron chi connectivity index (χ4n) is 1.42. The molecule has 2 nitrogen and oxygen atoms in total. The van der Waals surface area contributed by atoms with Crippen molar-refractivity contribution in [2.45, 2.75) is 13.2 Å². The van der Waals surface area contributed by atoms with Gasteiger partial charge < -0.3 is 0 Å². The molecule has 0 spiro atoms. The summed E-state index contributed by atoms with van der Waals surface area (Å²) in [7, 11) is 0. The van der Waals surface area contributed by atoms with E-state index in [1.807, 2.05) is 42.5 Å². The first-order valence-electron chi connectivity index (χ1n) is 5.37.